The normalized spacial score (nSPS) is 10.9. The van der Waals surface area contributed by atoms with Crippen LogP contribution >= 0.6 is 15.9 Å². The van der Waals surface area contributed by atoms with Crippen molar-refractivity contribution >= 4 is 32.7 Å². The molecule has 20 heavy (non-hydrogen) atoms. The fourth-order valence-corrected chi connectivity index (χ4v) is 2.04. The van der Waals surface area contributed by atoms with E-state index in [1.165, 1.54) is 6.07 Å². The highest BCUT2D eigenvalue weighted by molar-refractivity contribution is 9.10. The number of hydrogen-bond donors (Lipinski definition) is 1. The quantitative estimate of drug-likeness (QED) is 0.737. The van der Waals surface area contributed by atoms with Gasteiger partial charge in [0.15, 0.2) is 12.2 Å². The summed E-state index contributed by atoms with van der Waals surface area (Å²) >= 11 is 3.08. The maximum Gasteiger partial charge on any atom is 0.233 e. The van der Waals surface area contributed by atoms with Crippen LogP contribution in [-0.2, 0) is 6.61 Å². The molecule has 0 radical (unpaired) electrons. The third-order valence-electron chi connectivity index (χ3n) is 2.75. The Labute approximate surface area is 122 Å². The number of nitrogens with two attached hydrogens (primary N) is 1. The van der Waals surface area contributed by atoms with Gasteiger partial charge >= 0.3 is 0 Å². The second kappa shape index (κ2) is 5.13. The maximum atomic E-state index is 13.3. The van der Waals surface area contributed by atoms with E-state index in [0.717, 1.165) is 0 Å². The molecule has 1 aromatic heterocycles. The van der Waals surface area contributed by atoms with Gasteiger partial charge in [-0.2, -0.15) is 0 Å². The Bertz CT molecular complexity index is 773. The summed E-state index contributed by atoms with van der Waals surface area (Å²) in [5.74, 6) is 0.409. The van der Waals surface area contributed by atoms with Crippen molar-refractivity contribution in [2.24, 2.45) is 0 Å². The van der Waals surface area contributed by atoms with Crippen LogP contribution in [0, 0.1) is 5.82 Å². The molecule has 3 aromatic rings. The number of nitrogen functional groups attached to an aromatic ring is 1. The Morgan fingerprint density at radius 3 is 2.90 bits per heavy atom. The highest BCUT2D eigenvalue weighted by atomic mass is 79.9. The van der Waals surface area contributed by atoms with Crippen molar-refractivity contribution in [2.45, 2.75) is 6.61 Å². The van der Waals surface area contributed by atoms with Gasteiger partial charge in [0.25, 0.3) is 0 Å². The molecule has 4 nitrogen and oxygen atoms in total. The molecule has 0 amide bonds. The molecule has 0 atom stereocenters. The van der Waals surface area contributed by atoms with Crippen LogP contribution in [0.3, 0.4) is 0 Å². The number of hydrogen-bond acceptors (Lipinski definition) is 4. The molecule has 1 heterocycles. The first kappa shape index (κ1) is 12.9. The molecule has 0 saturated carbocycles. The number of oxazole rings is 1. The first-order chi connectivity index (χ1) is 9.63. The molecule has 0 aliphatic carbocycles. The lowest BCUT2D eigenvalue weighted by Gasteiger charge is -2.03. The zero-order valence-corrected chi connectivity index (χ0v) is 11.9. The number of aromatic nitrogens is 1. The summed E-state index contributed by atoms with van der Waals surface area (Å²) in [7, 11) is 0. The number of nitrogens with zero attached hydrogens (tertiary/aromatic N) is 1. The van der Waals surface area contributed by atoms with Crippen molar-refractivity contribution in [3.63, 3.8) is 0 Å². The van der Waals surface area contributed by atoms with E-state index in [-0.39, 0.29) is 12.4 Å². The number of ether oxygens (including phenoxy) is 1. The Hall–Kier alpha value is -2.08. The van der Waals surface area contributed by atoms with Crippen LogP contribution in [0.1, 0.15) is 5.89 Å². The second-order valence-corrected chi connectivity index (χ2v) is 5.02. The van der Waals surface area contributed by atoms with E-state index in [0.29, 0.717) is 32.9 Å². The van der Waals surface area contributed by atoms with Gasteiger partial charge in [0.05, 0.1) is 10.2 Å². The van der Waals surface area contributed by atoms with Gasteiger partial charge in [0.2, 0.25) is 5.89 Å². The van der Waals surface area contributed by atoms with Crippen molar-refractivity contribution in [1.82, 2.24) is 4.98 Å². The lowest BCUT2D eigenvalue weighted by atomic mass is 10.3. The fourth-order valence-electron chi connectivity index (χ4n) is 1.79. The van der Waals surface area contributed by atoms with Crippen LogP contribution in [0.25, 0.3) is 11.1 Å². The van der Waals surface area contributed by atoms with E-state index in [2.05, 4.69) is 20.9 Å². The molecule has 0 unspecified atom stereocenters. The minimum atomic E-state index is -0.385. The molecule has 0 spiro atoms. The molecule has 3 rings (SSSR count). The standard InChI is InChI=1S/C14H10BrFN2O2/c15-9-5-4-8(6-10(9)16)19-7-13-18-14-11(17)2-1-3-12(14)20-13/h1-6H,7,17H2. The minimum absolute atomic E-state index is 0.106. The zero-order chi connectivity index (χ0) is 14.1. The van der Waals surface area contributed by atoms with Gasteiger partial charge in [-0.3, -0.25) is 0 Å². The Morgan fingerprint density at radius 2 is 2.15 bits per heavy atom. The minimum Gasteiger partial charge on any atom is -0.484 e. The molecule has 0 fully saturated rings. The van der Waals surface area contributed by atoms with Crippen LogP contribution in [-0.4, -0.2) is 4.98 Å². The highest BCUT2D eigenvalue weighted by Gasteiger charge is 2.09. The zero-order valence-electron chi connectivity index (χ0n) is 10.3. The maximum absolute atomic E-state index is 13.3. The van der Waals surface area contributed by atoms with Gasteiger partial charge < -0.3 is 14.9 Å². The first-order valence-electron chi connectivity index (χ1n) is 5.85. The van der Waals surface area contributed by atoms with Crippen molar-refractivity contribution in [3.8, 4) is 5.75 Å². The molecule has 0 aliphatic rings. The topological polar surface area (TPSA) is 61.3 Å². The predicted molar refractivity (Wildman–Crippen MR) is 76.9 cm³/mol. The molecular formula is C14H10BrFN2O2. The molecule has 6 heteroatoms. The number of halogens is 2. The van der Waals surface area contributed by atoms with Crippen molar-refractivity contribution in [1.29, 1.82) is 0 Å². The average molecular weight is 337 g/mol. The summed E-state index contributed by atoms with van der Waals surface area (Å²) in [6, 6.07) is 9.85. The Balaban J connectivity index is 1.79. The summed E-state index contributed by atoms with van der Waals surface area (Å²) < 4.78 is 24.7. The monoisotopic (exact) mass is 336 g/mol. The summed E-state index contributed by atoms with van der Waals surface area (Å²) in [6.45, 7) is 0.106. The molecule has 2 N–H and O–H groups in total. The summed E-state index contributed by atoms with van der Waals surface area (Å²) in [6.07, 6.45) is 0. The molecule has 102 valence electrons. The number of anilines is 1. The third-order valence-corrected chi connectivity index (χ3v) is 3.39. The van der Waals surface area contributed by atoms with Gasteiger partial charge in [-0.1, -0.05) is 6.07 Å². The van der Waals surface area contributed by atoms with Crippen molar-refractivity contribution in [2.75, 3.05) is 5.73 Å². The van der Waals surface area contributed by atoms with E-state index < -0.39 is 0 Å². The lowest BCUT2D eigenvalue weighted by Crippen LogP contribution is -1.96. The van der Waals surface area contributed by atoms with Crippen LogP contribution in [0.2, 0.25) is 0 Å². The average Bonchev–Trinajstić information content (AvgIpc) is 2.85. The van der Waals surface area contributed by atoms with Gasteiger partial charge in [-0.15, -0.1) is 0 Å². The molecule has 2 aromatic carbocycles. The molecule has 0 saturated heterocycles. The third kappa shape index (κ3) is 2.46. The van der Waals surface area contributed by atoms with Crippen LogP contribution in [0.15, 0.2) is 45.3 Å². The van der Waals surface area contributed by atoms with Gasteiger partial charge in [0, 0.05) is 6.07 Å². The lowest BCUT2D eigenvalue weighted by molar-refractivity contribution is 0.266. The van der Waals surface area contributed by atoms with E-state index in [1.54, 1.807) is 30.3 Å². The van der Waals surface area contributed by atoms with Gasteiger partial charge in [0.1, 0.15) is 17.1 Å². The largest absolute Gasteiger partial charge is 0.484 e. The van der Waals surface area contributed by atoms with E-state index in [4.69, 9.17) is 14.9 Å². The number of fused-ring (bicyclic) bond motifs is 1. The van der Waals surface area contributed by atoms with E-state index in [1.807, 2.05) is 0 Å². The van der Waals surface area contributed by atoms with Crippen LogP contribution < -0.4 is 10.5 Å². The van der Waals surface area contributed by atoms with Crippen molar-refractivity contribution in [3.05, 3.63) is 52.6 Å². The highest BCUT2D eigenvalue weighted by Crippen LogP contribution is 2.24. The number of benzene rings is 2. The second-order valence-electron chi connectivity index (χ2n) is 4.17. The van der Waals surface area contributed by atoms with Crippen molar-refractivity contribution < 1.29 is 13.5 Å². The Morgan fingerprint density at radius 1 is 1.30 bits per heavy atom. The predicted octanol–water partition coefficient (Wildman–Crippen LogP) is 3.89. The first-order valence-corrected chi connectivity index (χ1v) is 6.64. The fraction of sp³-hybridized carbons (Fsp3) is 0.0714. The van der Waals surface area contributed by atoms with E-state index in [9.17, 15) is 4.39 Å². The summed E-state index contributed by atoms with van der Waals surface area (Å²) in [5, 5.41) is 0. The Kier molecular flexibility index (Phi) is 3.31. The van der Waals surface area contributed by atoms with Crippen LogP contribution in [0.4, 0.5) is 10.1 Å². The molecule has 0 aliphatic heterocycles. The summed E-state index contributed by atoms with van der Waals surface area (Å²) in [5.41, 5.74) is 7.55. The van der Waals surface area contributed by atoms with Gasteiger partial charge in [-0.05, 0) is 40.2 Å². The summed E-state index contributed by atoms with van der Waals surface area (Å²) in [4.78, 5) is 4.25. The smallest absolute Gasteiger partial charge is 0.233 e. The number of rotatable bonds is 3. The SMILES string of the molecule is Nc1cccc2oc(COc3ccc(Br)c(F)c3)nc12. The van der Waals surface area contributed by atoms with E-state index >= 15 is 0 Å². The van der Waals surface area contributed by atoms with Gasteiger partial charge in [-0.25, -0.2) is 9.37 Å². The van der Waals surface area contributed by atoms with Crippen LogP contribution in [0.5, 0.6) is 5.75 Å². The molecular weight excluding hydrogens is 327 g/mol. The molecule has 0 bridgehead atoms. The number of para-hydroxylation sites is 1.